The van der Waals surface area contributed by atoms with Crippen LogP contribution in [-0.4, -0.2) is 18.2 Å². The Bertz CT molecular complexity index is 322. The minimum absolute atomic E-state index is 0.106. The van der Waals surface area contributed by atoms with Crippen LogP contribution in [0.1, 0.15) is 32.8 Å². The molecule has 2 heteroatoms. The molecule has 0 saturated carbocycles. The van der Waals surface area contributed by atoms with Crippen LogP contribution in [0.2, 0.25) is 0 Å². The molecule has 0 spiro atoms. The standard InChI is InChI=1S/C14H23NO/c1-11(2)9-12(3)15(4)14-8-6-5-7-13(14)10-16/h5-8,11-12,16H,9-10H2,1-4H3. The number of nitrogens with zero attached hydrogens (tertiary/aromatic N) is 1. The monoisotopic (exact) mass is 221 g/mol. The molecule has 0 aliphatic heterocycles. The molecular weight excluding hydrogens is 198 g/mol. The van der Waals surface area contributed by atoms with Crippen molar-refractivity contribution in [3.8, 4) is 0 Å². The lowest BCUT2D eigenvalue weighted by molar-refractivity contribution is 0.282. The molecule has 90 valence electrons. The van der Waals surface area contributed by atoms with Crippen LogP contribution in [0, 0.1) is 5.92 Å². The number of hydrogen-bond donors (Lipinski definition) is 1. The van der Waals surface area contributed by atoms with Crippen molar-refractivity contribution in [1.82, 2.24) is 0 Å². The van der Waals surface area contributed by atoms with Gasteiger partial charge in [0.2, 0.25) is 0 Å². The van der Waals surface area contributed by atoms with Gasteiger partial charge in [-0.25, -0.2) is 0 Å². The van der Waals surface area contributed by atoms with Crippen molar-refractivity contribution in [2.24, 2.45) is 5.92 Å². The zero-order chi connectivity index (χ0) is 12.1. The smallest absolute Gasteiger partial charge is 0.0702 e. The first-order valence-corrected chi connectivity index (χ1v) is 5.97. The maximum Gasteiger partial charge on any atom is 0.0702 e. The van der Waals surface area contributed by atoms with Crippen molar-refractivity contribution in [1.29, 1.82) is 0 Å². The minimum Gasteiger partial charge on any atom is -0.392 e. The number of benzene rings is 1. The molecule has 1 atom stereocenters. The number of hydrogen-bond acceptors (Lipinski definition) is 2. The largest absolute Gasteiger partial charge is 0.392 e. The average molecular weight is 221 g/mol. The Hall–Kier alpha value is -1.02. The Labute approximate surface area is 98.9 Å². The molecule has 1 rings (SSSR count). The van der Waals surface area contributed by atoms with Crippen molar-refractivity contribution in [2.45, 2.75) is 39.8 Å². The minimum atomic E-state index is 0.106. The van der Waals surface area contributed by atoms with Gasteiger partial charge in [-0.2, -0.15) is 0 Å². The van der Waals surface area contributed by atoms with Gasteiger partial charge in [-0.3, -0.25) is 0 Å². The highest BCUT2D eigenvalue weighted by molar-refractivity contribution is 5.53. The van der Waals surface area contributed by atoms with Crippen LogP contribution < -0.4 is 4.90 Å². The van der Waals surface area contributed by atoms with Crippen LogP contribution in [0.15, 0.2) is 24.3 Å². The molecule has 16 heavy (non-hydrogen) atoms. The number of para-hydroxylation sites is 1. The van der Waals surface area contributed by atoms with Crippen LogP contribution in [0.3, 0.4) is 0 Å². The van der Waals surface area contributed by atoms with Gasteiger partial charge in [0.25, 0.3) is 0 Å². The lowest BCUT2D eigenvalue weighted by Gasteiger charge is -2.29. The third-order valence-electron chi connectivity index (χ3n) is 3.02. The third-order valence-corrected chi connectivity index (χ3v) is 3.02. The predicted molar refractivity (Wildman–Crippen MR) is 69.7 cm³/mol. The van der Waals surface area contributed by atoms with Crippen LogP contribution in [0.5, 0.6) is 0 Å². The van der Waals surface area contributed by atoms with Gasteiger partial charge in [0.15, 0.2) is 0 Å². The maximum absolute atomic E-state index is 9.30. The van der Waals surface area contributed by atoms with Crippen molar-refractivity contribution in [2.75, 3.05) is 11.9 Å². The molecule has 1 aromatic carbocycles. The van der Waals surface area contributed by atoms with Gasteiger partial charge in [0, 0.05) is 24.3 Å². The molecule has 0 aliphatic rings. The Balaban J connectivity index is 2.82. The average Bonchev–Trinajstić information content (AvgIpc) is 2.27. The second-order valence-electron chi connectivity index (χ2n) is 4.88. The molecule has 0 amide bonds. The summed E-state index contributed by atoms with van der Waals surface area (Å²) in [5.74, 6) is 0.693. The number of aliphatic hydroxyl groups excluding tert-OH is 1. The molecule has 0 radical (unpaired) electrons. The second-order valence-corrected chi connectivity index (χ2v) is 4.88. The zero-order valence-electron chi connectivity index (χ0n) is 10.8. The Kier molecular flexibility index (Phi) is 4.81. The first kappa shape index (κ1) is 13.0. The number of rotatable bonds is 5. The highest BCUT2D eigenvalue weighted by atomic mass is 16.3. The summed E-state index contributed by atoms with van der Waals surface area (Å²) >= 11 is 0. The van der Waals surface area contributed by atoms with Gasteiger partial charge in [-0.1, -0.05) is 32.0 Å². The number of anilines is 1. The molecule has 0 heterocycles. The van der Waals surface area contributed by atoms with Gasteiger partial charge < -0.3 is 10.0 Å². The Morgan fingerprint density at radius 3 is 2.38 bits per heavy atom. The summed E-state index contributed by atoms with van der Waals surface area (Å²) in [5.41, 5.74) is 2.14. The molecule has 0 aliphatic carbocycles. The fraction of sp³-hybridized carbons (Fsp3) is 0.571. The topological polar surface area (TPSA) is 23.5 Å². The zero-order valence-corrected chi connectivity index (χ0v) is 10.8. The van der Waals surface area contributed by atoms with E-state index in [1.807, 2.05) is 18.2 Å². The first-order chi connectivity index (χ1) is 7.56. The van der Waals surface area contributed by atoms with Crippen LogP contribution >= 0.6 is 0 Å². The SMILES string of the molecule is CC(C)CC(C)N(C)c1ccccc1CO. The van der Waals surface area contributed by atoms with Crippen molar-refractivity contribution in [3.63, 3.8) is 0 Å². The second kappa shape index (κ2) is 5.90. The Morgan fingerprint density at radius 2 is 1.81 bits per heavy atom. The van der Waals surface area contributed by atoms with E-state index in [0.717, 1.165) is 17.7 Å². The van der Waals surface area contributed by atoms with E-state index in [1.165, 1.54) is 0 Å². The van der Waals surface area contributed by atoms with E-state index in [-0.39, 0.29) is 6.61 Å². The number of aliphatic hydroxyl groups is 1. The molecule has 1 aromatic rings. The quantitative estimate of drug-likeness (QED) is 0.826. The highest BCUT2D eigenvalue weighted by Crippen LogP contribution is 2.23. The van der Waals surface area contributed by atoms with Crippen LogP contribution in [0.4, 0.5) is 5.69 Å². The van der Waals surface area contributed by atoms with Gasteiger partial charge in [0.05, 0.1) is 6.61 Å². The summed E-state index contributed by atoms with van der Waals surface area (Å²) in [6.45, 7) is 6.81. The predicted octanol–water partition coefficient (Wildman–Crippen LogP) is 3.05. The normalized spacial score (nSPS) is 12.9. The third kappa shape index (κ3) is 3.24. The van der Waals surface area contributed by atoms with Gasteiger partial charge >= 0.3 is 0 Å². The molecule has 0 bridgehead atoms. The van der Waals surface area contributed by atoms with Gasteiger partial charge in [-0.15, -0.1) is 0 Å². The van der Waals surface area contributed by atoms with Crippen molar-refractivity contribution < 1.29 is 5.11 Å². The van der Waals surface area contributed by atoms with E-state index in [0.29, 0.717) is 12.0 Å². The van der Waals surface area contributed by atoms with E-state index in [9.17, 15) is 5.11 Å². The molecular formula is C14H23NO. The first-order valence-electron chi connectivity index (χ1n) is 5.97. The summed E-state index contributed by atoms with van der Waals surface area (Å²) in [6.07, 6.45) is 1.16. The summed E-state index contributed by atoms with van der Waals surface area (Å²) in [5, 5.41) is 9.30. The van der Waals surface area contributed by atoms with Crippen LogP contribution in [-0.2, 0) is 6.61 Å². The van der Waals surface area contributed by atoms with Gasteiger partial charge in [0.1, 0.15) is 0 Å². The fourth-order valence-corrected chi connectivity index (χ4v) is 2.07. The van der Waals surface area contributed by atoms with Crippen molar-refractivity contribution in [3.05, 3.63) is 29.8 Å². The van der Waals surface area contributed by atoms with E-state index < -0.39 is 0 Å². The Morgan fingerprint density at radius 1 is 1.19 bits per heavy atom. The van der Waals surface area contributed by atoms with Crippen molar-refractivity contribution >= 4 is 5.69 Å². The van der Waals surface area contributed by atoms with E-state index >= 15 is 0 Å². The van der Waals surface area contributed by atoms with E-state index in [4.69, 9.17) is 0 Å². The molecule has 1 N–H and O–H groups in total. The molecule has 0 saturated heterocycles. The lowest BCUT2D eigenvalue weighted by atomic mass is 10.0. The molecule has 0 aromatic heterocycles. The molecule has 2 nitrogen and oxygen atoms in total. The molecule has 0 fully saturated rings. The fourth-order valence-electron chi connectivity index (χ4n) is 2.07. The van der Waals surface area contributed by atoms with E-state index in [2.05, 4.69) is 38.8 Å². The summed E-state index contributed by atoms with van der Waals surface area (Å²) in [4.78, 5) is 2.26. The maximum atomic E-state index is 9.30. The highest BCUT2D eigenvalue weighted by Gasteiger charge is 2.13. The van der Waals surface area contributed by atoms with E-state index in [1.54, 1.807) is 0 Å². The summed E-state index contributed by atoms with van der Waals surface area (Å²) in [7, 11) is 2.10. The summed E-state index contributed by atoms with van der Waals surface area (Å²) in [6, 6.07) is 8.53. The lowest BCUT2D eigenvalue weighted by Crippen LogP contribution is -2.30. The summed E-state index contributed by atoms with van der Waals surface area (Å²) < 4.78 is 0. The van der Waals surface area contributed by atoms with Crippen LogP contribution in [0.25, 0.3) is 0 Å². The van der Waals surface area contributed by atoms with Gasteiger partial charge in [-0.05, 0) is 25.3 Å². The molecule has 1 unspecified atom stereocenters.